The zero-order valence-electron chi connectivity index (χ0n) is 31.8. The molecule has 12 nitrogen and oxygen atoms in total. The van der Waals surface area contributed by atoms with E-state index in [9.17, 15) is 40.5 Å². The van der Waals surface area contributed by atoms with Crippen molar-refractivity contribution in [1.29, 1.82) is 0 Å². The highest BCUT2D eigenvalue weighted by atomic mass is 16.8. The minimum Gasteiger partial charge on any atom is -0.394 e. The molecule has 2 heterocycles. The smallest absolute Gasteiger partial charge is 0.187 e. The van der Waals surface area contributed by atoms with E-state index < -0.39 is 74.6 Å². The maximum atomic E-state index is 12.8. The number of rotatable bonds is 11. The summed E-state index contributed by atoms with van der Waals surface area (Å²) in [5.74, 6) is 1.97. The molecule has 17 unspecified atom stereocenters. The Bertz CT molecular complexity index is 1350. The van der Waals surface area contributed by atoms with E-state index in [1.54, 1.807) is 5.57 Å². The van der Waals surface area contributed by atoms with Crippen molar-refractivity contribution < 1.29 is 59.5 Å². The van der Waals surface area contributed by atoms with E-state index in [1.165, 1.54) is 11.1 Å². The first kappa shape index (κ1) is 40.4. The molecule has 17 atom stereocenters. The number of Topliss-reactive ketones (excluding diaryl/α,β-unsaturated/α-hetero) is 1. The van der Waals surface area contributed by atoms with Crippen LogP contribution in [-0.2, 0) is 23.7 Å². The average molecular weight is 737 g/mol. The summed E-state index contributed by atoms with van der Waals surface area (Å²) >= 11 is 0. The van der Waals surface area contributed by atoms with Gasteiger partial charge in [0, 0.05) is 12.8 Å². The van der Waals surface area contributed by atoms with Crippen LogP contribution >= 0.6 is 0 Å². The molecule has 0 amide bonds. The second kappa shape index (κ2) is 15.7. The lowest BCUT2D eigenvalue weighted by Crippen LogP contribution is -2.65. The van der Waals surface area contributed by atoms with Gasteiger partial charge in [-0.15, -0.1) is 0 Å². The minimum absolute atomic E-state index is 0.0189. The molecule has 4 aliphatic carbocycles. The van der Waals surface area contributed by atoms with Crippen molar-refractivity contribution in [3.63, 3.8) is 0 Å². The largest absolute Gasteiger partial charge is 0.394 e. The lowest BCUT2D eigenvalue weighted by molar-refractivity contribution is -0.374. The lowest BCUT2D eigenvalue weighted by Gasteiger charge is -2.57. The summed E-state index contributed by atoms with van der Waals surface area (Å²) in [4.78, 5) is 12.8. The Hall–Kier alpha value is -1.29. The van der Waals surface area contributed by atoms with Crippen LogP contribution in [0.1, 0.15) is 99.3 Å². The number of carbonyl (C=O) groups is 1. The number of allylic oxidation sites excluding steroid dienone is 4. The van der Waals surface area contributed by atoms with Gasteiger partial charge in [-0.3, -0.25) is 4.79 Å². The Morgan fingerprint density at radius 1 is 0.827 bits per heavy atom. The molecule has 0 aromatic rings. The Balaban J connectivity index is 1.17. The molecule has 52 heavy (non-hydrogen) atoms. The van der Waals surface area contributed by atoms with Crippen LogP contribution in [0.3, 0.4) is 0 Å². The molecule has 2 aliphatic heterocycles. The fraction of sp³-hybridized carbons (Fsp3) is 0.875. The zero-order chi connectivity index (χ0) is 37.9. The van der Waals surface area contributed by atoms with Crippen molar-refractivity contribution in [3.8, 4) is 0 Å². The summed E-state index contributed by atoms with van der Waals surface area (Å²) in [6.07, 6.45) is -4.58. The van der Waals surface area contributed by atoms with Crippen LogP contribution in [0.4, 0.5) is 0 Å². The Labute approximate surface area is 308 Å². The molecule has 2 saturated heterocycles. The van der Waals surface area contributed by atoms with E-state index in [1.807, 2.05) is 0 Å². The quantitative estimate of drug-likeness (QED) is 0.164. The topological polar surface area (TPSA) is 196 Å². The summed E-state index contributed by atoms with van der Waals surface area (Å²) in [6, 6.07) is 0. The van der Waals surface area contributed by atoms with Gasteiger partial charge in [0.1, 0.15) is 54.6 Å². The van der Waals surface area contributed by atoms with Gasteiger partial charge in [-0.05, 0) is 96.5 Å². The van der Waals surface area contributed by atoms with Crippen molar-refractivity contribution in [1.82, 2.24) is 0 Å². The van der Waals surface area contributed by atoms with Gasteiger partial charge in [0.15, 0.2) is 12.6 Å². The number of aliphatic hydroxyl groups excluding tert-OH is 7. The highest BCUT2D eigenvalue weighted by Gasteiger charge is 2.57. The van der Waals surface area contributed by atoms with Gasteiger partial charge in [-0.25, -0.2) is 0 Å². The van der Waals surface area contributed by atoms with Gasteiger partial charge in [0.05, 0.1) is 19.3 Å². The van der Waals surface area contributed by atoms with Gasteiger partial charge in [0.2, 0.25) is 0 Å². The molecule has 1 saturated carbocycles. The van der Waals surface area contributed by atoms with E-state index in [0.717, 1.165) is 38.5 Å². The second-order valence-corrected chi connectivity index (χ2v) is 17.8. The van der Waals surface area contributed by atoms with Crippen LogP contribution in [-0.4, -0.2) is 122 Å². The van der Waals surface area contributed by atoms with Crippen molar-refractivity contribution in [2.75, 3.05) is 13.2 Å². The van der Waals surface area contributed by atoms with Gasteiger partial charge >= 0.3 is 0 Å². The summed E-state index contributed by atoms with van der Waals surface area (Å²) < 4.78 is 24.1. The van der Waals surface area contributed by atoms with Crippen LogP contribution in [0.2, 0.25) is 0 Å². The van der Waals surface area contributed by atoms with Crippen LogP contribution < -0.4 is 0 Å². The highest BCUT2D eigenvalue weighted by molar-refractivity contribution is 5.78. The van der Waals surface area contributed by atoms with E-state index in [-0.39, 0.29) is 22.9 Å². The maximum absolute atomic E-state index is 12.8. The van der Waals surface area contributed by atoms with Gasteiger partial charge in [-0.2, -0.15) is 0 Å². The molecule has 0 aromatic heterocycles. The van der Waals surface area contributed by atoms with Crippen LogP contribution in [0.25, 0.3) is 0 Å². The number of ether oxygens (including phenoxy) is 4. The fourth-order valence-corrected chi connectivity index (χ4v) is 11.2. The molecule has 0 spiro atoms. The number of fused-ring (bicyclic) bond motifs is 4. The molecule has 0 radical (unpaired) electrons. The van der Waals surface area contributed by atoms with E-state index >= 15 is 0 Å². The molecular formula is C40H64O12. The zero-order valence-corrected chi connectivity index (χ0v) is 31.8. The van der Waals surface area contributed by atoms with Crippen molar-refractivity contribution in [2.45, 2.75) is 167 Å². The van der Waals surface area contributed by atoms with E-state index in [2.05, 4.69) is 47.6 Å². The number of ketones is 1. The average Bonchev–Trinajstić information content (AvgIpc) is 3.46. The van der Waals surface area contributed by atoms with Crippen LogP contribution in [0, 0.1) is 40.4 Å². The van der Waals surface area contributed by atoms with Crippen molar-refractivity contribution >= 4 is 5.78 Å². The maximum Gasteiger partial charge on any atom is 0.187 e. The third-order valence-electron chi connectivity index (χ3n) is 14.1. The third kappa shape index (κ3) is 7.13. The first-order valence-corrected chi connectivity index (χ1v) is 19.7. The highest BCUT2D eigenvalue weighted by Crippen LogP contribution is 2.65. The molecule has 7 N–H and O–H groups in total. The first-order valence-electron chi connectivity index (χ1n) is 19.7. The molecule has 12 heteroatoms. The van der Waals surface area contributed by atoms with E-state index in [4.69, 9.17) is 18.9 Å². The number of carbonyl (C=O) groups excluding carboxylic acids is 1. The Kier molecular flexibility index (Phi) is 12.2. The standard InChI is InChI=1S/C40H64O12/c1-19(2)15-22(43)16-20(3)24-9-10-26-23-7-8-25-21(4)28(12-14-40(25,6)27(23)11-13-39(24,26)5)49-38-36(34(47)32(45)30(18-42)51-38)52-37-35(48)33(46)31(44)29(17-41)50-37/h10,19-21,24-25,28-38,41-42,44-48H,7-9,11-18H2,1-6H3. The fourth-order valence-electron chi connectivity index (χ4n) is 11.2. The molecule has 0 bridgehead atoms. The second-order valence-electron chi connectivity index (χ2n) is 17.8. The molecular weight excluding hydrogens is 672 g/mol. The van der Waals surface area contributed by atoms with E-state index in [0.29, 0.717) is 48.7 Å². The summed E-state index contributed by atoms with van der Waals surface area (Å²) in [5, 5.41) is 72.8. The molecule has 6 rings (SSSR count). The third-order valence-corrected chi connectivity index (χ3v) is 14.1. The normalized spacial score (nSPS) is 47.1. The molecule has 6 aliphatic rings. The molecule has 296 valence electrons. The van der Waals surface area contributed by atoms with Gasteiger partial charge in [-0.1, -0.05) is 53.2 Å². The molecule has 3 fully saturated rings. The van der Waals surface area contributed by atoms with Gasteiger partial charge in [0.25, 0.3) is 0 Å². The number of hydrogen-bond acceptors (Lipinski definition) is 12. The van der Waals surface area contributed by atoms with Crippen LogP contribution in [0.15, 0.2) is 22.8 Å². The monoisotopic (exact) mass is 736 g/mol. The first-order chi connectivity index (χ1) is 24.5. The van der Waals surface area contributed by atoms with Crippen molar-refractivity contribution in [2.24, 2.45) is 40.4 Å². The number of hydrogen-bond donors (Lipinski definition) is 7. The summed E-state index contributed by atoms with van der Waals surface area (Å²) in [5.41, 5.74) is 4.68. The minimum atomic E-state index is -1.73. The predicted octanol–water partition coefficient (Wildman–Crippen LogP) is 2.53. The Morgan fingerprint density at radius 2 is 1.48 bits per heavy atom. The SMILES string of the molecule is CC(C)CC(=O)CC(C)C1CC=C2C3=C(CCC21C)C1(C)CCC(OC2OC(CO)C(O)C(O)C2OC2OC(CO)C(O)C(O)C2O)C(C)C1CC3. The van der Waals surface area contributed by atoms with Crippen molar-refractivity contribution in [3.05, 3.63) is 22.8 Å². The molecule has 0 aromatic carbocycles. The predicted molar refractivity (Wildman–Crippen MR) is 189 cm³/mol. The Morgan fingerprint density at radius 3 is 2.13 bits per heavy atom. The summed E-state index contributed by atoms with van der Waals surface area (Å²) in [7, 11) is 0. The number of aliphatic hydroxyl groups is 7. The van der Waals surface area contributed by atoms with Crippen LogP contribution in [0.5, 0.6) is 0 Å². The van der Waals surface area contributed by atoms with Gasteiger partial charge < -0.3 is 54.7 Å². The lowest BCUT2D eigenvalue weighted by atomic mass is 9.49. The summed E-state index contributed by atoms with van der Waals surface area (Å²) in [6.45, 7) is 12.3.